The number of pyridine rings is 1. The van der Waals surface area contributed by atoms with Crippen LogP contribution in [-0.2, 0) is 13.1 Å². The zero-order valence-electron chi connectivity index (χ0n) is 20.0. The monoisotopic (exact) mass is 521 g/mol. The first-order chi connectivity index (χ1) is 18.2. The van der Waals surface area contributed by atoms with Crippen LogP contribution < -0.4 is 16.6 Å². The Morgan fingerprint density at radius 1 is 1.24 bits per heavy atom. The summed E-state index contributed by atoms with van der Waals surface area (Å²) in [6.45, 7) is 1.81. The van der Waals surface area contributed by atoms with Gasteiger partial charge in [-0.2, -0.15) is 0 Å². The van der Waals surface area contributed by atoms with Crippen LogP contribution in [0.3, 0.4) is 0 Å². The Morgan fingerprint density at radius 2 is 2.03 bits per heavy atom. The third kappa shape index (κ3) is 3.92. The molecule has 3 aromatic heterocycles. The van der Waals surface area contributed by atoms with E-state index in [2.05, 4.69) is 20.6 Å². The van der Waals surface area contributed by atoms with Gasteiger partial charge in [0, 0.05) is 23.1 Å². The van der Waals surface area contributed by atoms with Crippen molar-refractivity contribution in [2.75, 3.05) is 5.73 Å². The van der Waals surface area contributed by atoms with E-state index in [0.29, 0.717) is 27.7 Å². The highest BCUT2D eigenvalue weighted by Crippen LogP contribution is 2.41. The van der Waals surface area contributed by atoms with Crippen LogP contribution in [0.15, 0.2) is 39.7 Å². The van der Waals surface area contributed by atoms with Crippen molar-refractivity contribution in [1.29, 1.82) is 0 Å². The van der Waals surface area contributed by atoms with E-state index < -0.39 is 17.7 Å². The molecule has 5 aromatic rings. The zero-order valence-corrected chi connectivity index (χ0v) is 20.0. The lowest BCUT2D eigenvalue weighted by atomic mass is 9.96. The summed E-state index contributed by atoms with van der Waals surface area (Å²) in [5, 5.41) is 19.4. The van der Waals surface area contributed by atoms with Crippen LogP contribution >= 0.6 is 0 Å². The first-order valence-corrected chi connectivity index (χ1v) is 11.8. The van der Waals surface area contributed by atoms with Gasteiger partial charge in [0.2, 0.25) is 5.89 Å². The van der Waals surface area contributed by atoms with Gasteiger partial charge in [-0.15, -0.1) is 5.10 Å². The number of aryl methyl sites for hydroxylation is 1. The number of fused-ring (bicyclic) bond motifs is 3. The topological polar surface area (TPSA) is 154 Å². The highest BCUT2D eigenvalue weighted by molar-refractivity contribution is 6.04. The van der Waals surface area contributed by atoms with Gasteiger partial charge in [-0.3, -0.25) is 4.79 Å². The molecule has 0 unspecified atom stereocenters. The molecule has 11 nitrogen and oxygen atoms in total. The SMILES string of the molecule is Cc1c(-c2cc(F)c(N)cc2F)ccc2c3oc(Cn4cc(CNC(=O)O)nn4)nc3c(=O)n(C3CC3)c12. The highest BCUT2D eigenvalue weighted by atomic mass is 19.1. The van der Waals surface area contributed by atoms with Crippen LogP contribution in [0.4, 0.5) is 19.3 Å². The number of halogens is 2. The van der Waals surface area contributed by atoms with Crippen molar-refractivity contribution in [2.24, 2.45) is 0 Å². The minimum Gasteiger partial charge on any atom is -0.465 e. The van der Waals surface area contributed by atoms with Gasteiger partial charge < -0.3 is 25.1 Å². The average molecular weight is 521 g/mol. The number of nitrogens with one attached hydrogen (secondary N) is 1. The molecule has 0 aliphatic heterocycles. The Labute approximate surface area is 212 Å². The molecule has 13 heteroatoms. The van der Waals surface area contributed by atoms with Crippen molar-refractivity contribution in [3.05, 3.63) is 69.6 Å². The molecular weight excluding hydrogens is 500 g/mol. The summed E-state index contributed by atoms with van der Waals surface area (Å²) < 4.78 is 38.1. The molecule has 0 saturated heterocycles. The number of nitrogen functional groups attached to an aromatic ring is 1. The molecule has 6 rings (SSSR count). The van der Waals surface area contributed by atoms with E-state index >= 15 is 0 Å². The third-order valence-corrected chi connectivity index (χ3v) is 6.60. The first-order valence-electron chi connectivity index (χ1n) is 11.8. The summed E-state index contributed by atoms with van der Waals surface area (Å²) in [4.78, 5) is 28.7. The van der Waals surface area contributed by atoms with Crippen LogP contribution in [0.2, 0.25) is 0 Å². The number of anilines is 1. The third-order valence-electron chi connectivity index (χ3n) is 6.60. The number of hydrogen-bond donors (Lipinski definition) is 3. The molecule has 4 N–H and O–H groups in total. The number of oxazole rings is 1. The lowest BCUT2D eigenvalue weighted by molar-refractivity contribution is 0.194. The van der Waals surface area contributed by atoms with Crippen molar-refractivity contribution < 1.29 is 23.1 Å². The van der Waals surface area contributed by atoms with E-state index in [1.54, 1.807) is 29.8 Å². The summed E-state index contributed by atoms with van der Waals surface area (Å²) in [5.74, 6) is -1.19. The van der Waals surface area contributed by atoms with Crippen LogP contribution in [0.5, 0.6) is 0 Å². The number of aromatic nitrogens is 5. The molecular formula is C25H21F2N7O4. The Kier molecular flexibility index (Phi) is 5.36. The van der Waals surface area contributed by atoms with E-state index in [0.717, 1.165) is 25.0 Å². The molecule has 0 bridgehead atoms. The fraction of sp³-hybridized carbons (Fsp3) is 0.240. The normalized spacial score (nSPS) is 13.4. The number of carboxylic acid groups (broad SMARTS) is 1. The average Bonchev–Trinajstić information content (AvgIpc) is 3.45. The van der Waals surface area contributed by atoms with Gasteiger partial charge in [-0.1, -0.05) is 11.3 Å². The maximum absolute atomic E-state index is 14.8. The van der Waals surface area contributed by atoms with E-state index in [1.807, 2.05) is 0 Å². The van der Waals surface area contributed by atoms with E-state index in [1.165, 1.54) is 4.68 Å². The van der Waals surface area contributed by atoms with Gasteiger partial charge in [0.15, 0.2) is 11.1 Å². The second kappa shape index (κ2) is 8.64. The Bertz CT molecular complexity index is 1820. The predicted octanol–water partition coefficient (Wildman–Crippen LogP) is 3.72. The van der Waals surface area contributed by atoms with Crippen LogP contribution in [-0.4, -0.2) is 35.7 Å². The predicted molar refractivity (Wildman–Crippen MR) is 133 cm³/mol. The molecule has 38 heavy (non-hydrogen) atoms. The summed E-state index contributed by atoms with van der Waals surface area (Å²) in [6.07, 6.45) is 1.99. The smallest absolute Gasteiger partial charge is 0.404 e. The van der Waals surface area contributed by atoms with Crippen LogP contribution in [0.1, 0.15) is 36.0 Å². The van der Waals surface area contributed by atoms with Crippen molar-refractivity contribution in [1.82, 2.24) is 29.9 Å². The summed E-state index contributed by atoms with van der Waals surface area (Å²) >= 11 is 0. The van der Waals surface area contributed by atoms with Crippen molar-refractivity contribution in [3.63, 3.8) is 0 Å². The lowest BCUT2D eigenvalue weighted by Crippen LogP contribution is -2.21. The van der Waals surface area contributed by atoms with Gasteiger partial charge >= 0.3 is 6.09 Å². The Morgan fingerprint density at radius 3 is 2.76 bits per heavy atom. The summed E-state index contributed by atoms with van der Waals surface area (Å²) in [7, 11) is 0. The van der Waals surface area contributed by atoms with Gasteiger partial charge in [-0.05, 0) is 43.0 Å². The van der Waals surface area contributed by atoms with Crippen LogP contribution in [0, 0.1) is 18.6 Å². The number of carbonyl (C=O) groups is 1. The number of amides is 1. The summed E-state index contributed by atoms with van der Waals surface area (Å²) in [5.41, 5.74) is 7.40. The van der Waals surface area contributed by atoms with Gasteiger partial charge in [0.1, 0.15) is 23.9 Å². The number of rotatable bonds is 6. The van der Waals surface area contributed by atoms with Crippen molar-refractivity contribution in [2.45, 2.75) is 38.9 Å². The zero-order chi connectivity index (χ0) is 26.7. The molecule has 1 fully saturated rings. The molecule has 3 heterocycles. The van der Waals surface area contributed by atoms with E-state index in [-0.39, 0.29) is 52.9 Å². The van der Waals surface area contributed by atoms with Crippen LogP contribution in [0.25, 0.3) is 33.1 Å². The molecule has 1 aliphatic carbocycles. The second-order valence-corrected chi connectivity index (χ2v) is 9.25. The number of benzene rings is 2. The Balaban J connectivity index is 1.48. The largest absolute Gasteiger partial charge is 0.465 e. The maximum Gasteiger partial charge on any atom is 0.404 e. The van der Waals surface area contributed by atoms with E-state index in [9.17, 15) is 18.4 Å². The van der Waals surface area contributed by atoms with Gasteiger partial charge in [-0.25, -0.2) is 23.2 Å². The van der Waals surface area contributed by atoms with Crippen molar-refractivity contribution >= 4 is 33.8 Å². The van der Waals surface area contributed by atoms with E-state index in [4.69, 9.17) is 15.3 Å². The number of hydrogen-bond acceptors (Lipinski definition) is 7. The molecule has 0 spiro atoms. The number of nitrogens with two attached hydrogens (primary N) is 1. The maximum atomic E-state index is 14.8. The van der Waals surface area contributed by atoms with Crippen molar-refractivity contribution in [3.8, 4) is 11.1 Å². The fourth-order valence-electron chi connectivity index (χ4n) is 4.71. The lowest BCUT2D eigenvalue weighted by Gasteiger charge is -2.16. The number of nitrogens with zero attached hydrogens (tertiary/aromatic N) is 5. The molecule has 1 saturated carbocycles. The van der Waals surface area contributed by atoms with Gasteiger partial charge in [0.05, 0.1) is 23.9 Å². The first kappa shape index (κ1) is 23.6. The molecule has 1 aliphatic rings. The molecule has 1 amide bonds. The highest BCUT2D eigenvalue weighted by Gasteiger charge is 2.30. The molecule has 0 radical (unpaired) electrons. The summed E-state index contributed by atoms with van der Waals surface area (Å²) in [6, 6.07) is 5.35. The molecule has 194 valence electrons. The van der Waals surface area contributed by atoms with Gasteiger partial charge in [0.25, 0.3) is 5.56 Å². The minimum atomic E-state index is -1.18. The minimum absolute atomic E-state index is 0.0141. The molecule has 0 atom stereocenters. The standard InChI is InChI=1S/C25H21F2N7O4/c1-11-14(16-6-18(27)19(28)7-17(16)26)4-5-15-22(11)34(13-2-3-13)24(35)21-23(15)38-20(30-21)10-33-9-12(31-32-33)8-29-25(36)37/h4-7,9,13,29H,2-3,8,10,28H2,1H3,(H,36,37). The second-order valence-electron chi connectivity index (χ2n) is 9.25. The molecule has 2 aromatic carbocycles. The quantitative estimate of drug-likeness (QED) is 0.286. The Hall–Kier alpha value is -4.81. The fourth-order valence-corrected chi connectivity index (χ4v) is 4.71.